The first-order valence-corrected chi connectivity index (χ1v) is 40.7. The van der Waals surface area contributed by atoms with Gasteiger partial charge >= 0.3 is 300 Å². The fraction of sp³-hybridized carbons (Fsp3) is 0.310. The molecule has 0 spiro atoms. The van der Waals surface area contributed by atoms with Gasteiger partial charge in [-0.2, -0.15) is 8.78 Å². The molecule has 0 aliphatic rings. The maximum atomic E-state index is 14.2. The van der Waals surface area contributed by atoms with Gasteiger partial charge in [0.2, 0.25) is 17.4 Å². The summed E-state index contributed by atoms with van der Waals surface area (Å²) in [5.74, 6) is -11.5. The summed E-state index contributed by atoms with van der Waals surface area (Å²) < 4.78 is 72.1. The second-order valence-electron chi connectivity index (χ2n) is 15.3. The number of hydrogen-bond acceptors (Lipinski definition) is 12. The Kier molecular flexibility index (Phi) is 19.2. The first kappa shape index (κ1) is 52.3. The summed E-state index contributed by atoms with van der Waals surface area (Å²) in [5, 5.41) is 36.3. The molecule has 4 amide bonds. The van der Waals surface area contributed by atoms with Crippen LogP contribution in [0.25, 0.3) is 11.1 Å². The van der Waals surface area contributed by atoms with Gasteiger partial charge in [0.15, 0.2) is 11.6 Å². The fourth-order valence-corrected chi connectivity index (χ4v) is 12.3. The van der Waals surface area contributed by atoms with Crippen molar-refractivity contribution in [2.45, 2.75) is 77.1 Å². The van der Waals surface area contributed by atoms with Crippen molar-refractivity contribution in [3.05, 3.63) is 125 Å². The third kappa shape index (κ3) is 14.7. The summed E-state index contributed by atoms with van der Waals surface area (Å²) in [7, 11) is 0. The SMILES string of the molecule is [CH3][Tl][n]1cc(CNC(=O)CCC(CCC(=O)NCc2c[n]([Tl][CH3])nn2)(CCC(=O)NCc2c[n]([Tl][CH3])nn2)NC(=O)c2ccc(-c3ccc(C(=O)Oc4c(F)c(F)cc(F)c4F)cc3)cc2)nn1. The molecule has 349 valence electrons. The molecule has 4 N–H and O–H groups in total. The van der Waals surface area contributed by atoms with Crippen LogP contribution in [0.5, 0.6) is 5.75 Å². The van der Waals surface area contributed by atoms with Gasteiger partial charge in [-0.1, -0.05) is 24.3 Å². The van der Waals surface area contributed by atoms with Crippen LogP contribution in [0.3, 0.4) is 0 Å². The standard InChI is InChI=1S/C39H37F4N13O6.3CH3.3Tl/c40-29-15-30(41)35(43)36(34(29)42)62-38(61)25-7-3-23(4-8-25)22-1-5-24(6-2-22)37(60)50-39(12-9-31(57)44-16-26-19-47-54-51-26,13-10-32(58)45-17-27-20-48-55-52-27)14-11-33(59)46-18-28-21-49-56-53-28;;;;;;/h1-8,15,19-21H,9-14,16-18H2,(H7,44,45,46,47,48,49,50,51,52,53,54,55,56,57,58,59,60);3*1H3;;;/q;;;;3*+1/p-3. The van der Waals surface area contributed by atoms with Gasteiger partial charge in [0.05, 0.1) is 5.56 Å². The number of benzene rings is 3. The number of ether oxygens (including phenoxy) is 1. The van der Waals surface area contributed by atoms with Gasteiger partial charge in [0.1, 0.15) is 0 Å². The molecule has 0 bridgehead atoms. The number of nitrogens with one attached hydrogen (secondary N) is 4. The summed E-state index contributed by atoms with van der Waals surface area (Å²) in [6, 6.07) is 11.9. The van der Waals surface area contributed by atoms with Gasteiger partial charge in [0, 0.05) is 6.07 Å². The van der Waals surface area contributed by atoms with Crippen molar-refractivity contribution in [1.82, 2.24) is 59.7 Å². The van der Waals surface area contributed by atoms with Crippen molar-refractivity contribution in [2.75, 3.05) is 0 Å². The predicted molar refractivity (Wildman–Crippen MR) is 238 cm³/mol. The van der Waals surface area contributed by atoms with E-state index in [0.717, 1.165) is 0 Å². The van der Waals surface area contributed by atoms with Crippen molar-refractivity contribution in [3.8, 4) is 16.9 Å². The van der Waals surface area contributed by atoms with E-state index in [0.29, 0.717) is 28.2 Å². The molecule has 3 aromatic heterocycles. The van der Waals surface area contributed by atoms with Crippen molar-refractivity contribution in [3.63, 3.8) is 0 Å². The van der Waals surface area contributed by atoms with Crippen LogP contribution in [0.2, 0.25) is 13.4 Å². The maximum absolute atomic E-state index is 14.2. The molecular weight excluding hydrogens is 1470 g/mol. The van der Waals surface area contributed by atoms with Crippen molar-refractivity contribution < 1.29 is 46.3 Å². The van der Waals surface area contributed by atoms with Gasteiger partial charge in [-0.15, -0.1) is 0 Å². The number of esters is 1. The molecule has 0 fully saturated rings. The monoisotopic (exact) mass is 1520 g/mol. The Morgan fingerprint density at radius 1 is 0.574 bits per heavy atom. The predicted octanol–water partition coefficient (Wildman–Crippen LogP) is 3.21. The van der Waals surface area contributed by atoms with E-state index in [9.17, 15) is 41.5 Å². The first-order valence-electron chi connectivity index (χ1n) is 21.2. The Labute approximate surface area is 424 Å². The van der Waals surface area contributed by atoms with Gasteiger partial charge in [-0.25, -0.2) is 13.6 Å². The topological polar surface area (TPSA) is 235 Å². The molecule has 0 radical (unpaired) electrons. The Balaban J connectivity index is 1.19. The Bertz CT molecular complexity index is 2560. The minimum absolute atomic E-state index is 0.00259. The van der Waals surface area contributed by atoms with Crippen molar-refractivity contribution in [2.24, 2.45) is 0 Å². The number of halogens is 4. The van der Waals surface area contributed by atoms with Gasteiger partial charge in [-0.05, 0) is 35.4 Å². The van der Waals surface area contributed by atoms with E-state index in [4.69, 9.17) is 0 Å². The normalized spacial score (nSPS) is 10.9. The molecule has 0 aliphatic carbocycles. The van der Waals surface area contributed by atoms with Crippen LogP contribution >= 0.6 is 0 Å². The van der Waals surface area contributed by atoms with E-state index in [1.54, 1.807) is 42.9 Å². The molecule has 0 saturated heterocycles. The van der Waals surface area contributed by atoms with E-state index in [1.807, 2.05) is 7.47 Å². The van der Waals surface area contributed by atoms with Crippen LogP contribution in [-0.2, 0) is 34.0 Å². The number of carbonyl (C=O) groups is 5. The third-order valence-electron chi connectivity index (χ3n) is 10.6. The van der Waals surface area contributed by atoms with Gasteiger partial charge in [0.25, 0.3) is 0 Å². The number of hydrogen-bond donors (Lipinski definition) is 4. The summed E-state index contributed by atoms with van der Waals surface area (Å²) in [6.07, 6.45) is 5.35. The van der Waals surface area contributed by atoms with Crippen molar-refractivity contribution >= 4 is 103 Å². The van der Waals surface area contributed by atoms with Crippen LogP contribution in [-0.4, -0.2) is 147 Å². The van der Waals surface area contributed by atoms with Gasteiger partial charge < -0.3 is 4.74 Å². The van der Waals surface area contributed by atoms with E-state index < -0.39 is 120 Å². The van der Waals surface area contributed by atoms with E-state index in [2.05, 4.69) is 70.4 Å². The summed E-state index contributed by atoms with van der Waals surface area (Å²) >= 11 is -3.70. The molecule has 0 atom stereocenters. The van der Waals surface area contributed by atoms with E-state index >= 15 is 0 Å². The van der Waals surface area contributed by atoms with Crippen LogP contribution in [0, 0.1) is 23.3 Å². The number of carbonyl (C=O) groups excluding carboxylic acids is 5. The molecule has 19 nitrogen and oxygen atoms in total. The second kappa shape index (κ2) is 25.0. The average molecular weight is 1520 g/mol. The van der Waals surface area contributed by atoms with Crippen LogP contribution < -0.4 is 26.0 Å². The van der Waals surface area contributed by atoms with Crippen molar-refractivity contribution in [1.29, 1.82) is 0 Å². The number of nitrogens with zero attached hydrogens (tertiary/aromatic N) is 9. The zero-order valence-electron chi connectivity index (χ0n) is 37.0. The number of rotatable bonds is 23. The molecule has 0 saturated carbocycles. The van der Waals surface area contributed by atoms with Gasteiger partial charge in [-0.3, -0.25) is 0 Å². The summed E-state index contributed by atoms with van der Waals surface area (Å²) in [6.45, 7) is 0.425. The molecule has 3 heterocycles. The fourth-order valence-electron chi connectivity index (χ4n) is 6.73. The Morgan fingerprint density at radius 3 is 1.29 bits per heavy atom. The molecule has 0 unspecified atom stereocenters. The molecule has 3 aromatic carbocycles. The Morgan fingerprint density at radius 2 is 0.941 bits per heavy atom. The zero-order chi connectivity index (χ0) is 48.8. The van der Waals surface area contributed by atoms with Crippen LogP contribution in [0.1, 0.15) is 76.3 Å². The molecule has 26 heteroatoms. The first-order chi connectivity index (χ1) is 32.7. The molecular formula is C42H43F4N13O6Tl3. The van der Waals surface area contributed by atoms with E-state index in [1.165, 1.54) is 24.3 Å². The van der Waals surface area contributed by atoms with Crippen LogP contribution in [0.15, 0.2) is 73.2 Å². The average Bonchev–Trinajstić information content (AvgIpc) is 4.15. The third-order valence-corrected chi connectivity index (χ3v) is 19.7. The molecule has 68 heavy (non-hydrogen) atoms. The quantitative estimate of drug-likeness (QED) is 0.0238. The zero-order valence-corrected chi connectivity index (χ0v) is 50.5. The Hall–Kier alpha value is -5.08. The number of aromatic nitrogens is 9. The summed E-state index contributed by atoms with van der Waals surface area (Å²) in [4.78, 5) is 67.0. The molecule has 0 aliphatic heterocycles. The molecule has 6 rings (SSSR count). The van der Waals surface area contributed by atoms with Crippen LogP contribution in [0.4, 0.5) is 17.6 Å². The van der Waals surface area contributed by atoms with E-state index in [-0.39, 0.29) is 93.1 Å². The second-order valence-corrected chi connectivity index (χ2v) is 27.4. The summed E-state index contributed by atoms with van der Waals surface area (Å²) in [5.41, 5.74) is 1.73. The minimum atomic E-state index is -1.86. The number of amides is 4. The molecule has 6 aromatic rings.